The number of alkyl halides is 3. The first-order valence-corrected chi connectivity index (χ1v) is 9.83. The van der Waals surface area contributed by atoms with Gasteiger partial charge in [0.05, 0.1) is 6.21 Å². The third kappa shape index (κ3) is 5.67. The van der Waals surface area contributed by atoms with Gasteiger partial charge in [0.25, 0.3) is 0 Å². The summed E-state index contributed by atoms with van der Waals surface area (Å²) < 4.78 is 44.2. The molecule has 3 rings (SSSR count). The second-order valence-electron chi connectivity index (χ2n) is 6.58. The molecule has 2 aromatic heterocycles. The average Bonchev–Trinajstić information content (AvgIpc) is 3.15. The molecular weight excluding hydrogens is 449 g/mol. The van der Waals surface area contributed by atoms with E-state index in [9.17, 15) is 18.0 Å². The van der Waals surface area contributed by atoms with Crippen LogP contribution < -0.4 is 0 Å². The van der Waals surface area contributed by atoms with Gasteiger partial charge in [-0.25, -0.2) is 9.97 Å². The molecule has 0 N–H and O–H groups in total. The van der Waals surface area contributed by atoms with Gasteiger partial charge in [0, 0.05) is 35.8 Å². The molecule has 0 bridgehead atoms. The molecule has 1 aromatic carbocycles. The van der Waals surface area contributed by atoms with Crippen molar-refractivity contribution >= 4 is 23.8 Å². The van der Waals surface area contributed by atoms with Gasteiger partial charge in [-0.3, -0.25) is 9.79 Å². The van der Waals surface area contributed by atoms with E-state index in [1.54, 1.807) is 19.2 Å². The summed E-state index contributed by atoms with van der Waals surface area (Å²) >= 11 is 6.22. The van der Waals surface area contributed by atoms with Crippen molar-refractivity contribution in [3.05, 3.63) is 46.9 Å². The maximum Gasteiger partial charge on any atom is 0.433 e. The first-order chi connectivity index (χ1) is 15.2. The average molecular weight is 467 g/mol. The zero-order valence-electron chi connectivity index (χ0n) is 17.1. The van der Waals surface area contributed by atoms with Crippen molar-refractivity contribution in [2.45, 2.75) is 32.7 Å². The second kappa shape index (κ2) is 9.86. The first-order valence-electron chi connectivity index (χ1n) is 9.45. The SMILES string of the molecule is CCCC(=O)OCn1nc(/C=N/C)c(-c2cc(Cl)cc(-c3nccc(C(F)(F)F)n3)c2)n1. The third-order valence-corrected chi connectivity index (χ3v) is 4.32. The van der Waals surface area contributed by atoms with Crippen LogP contribution >= 0.6 is 11.6 Å². The highest BCUT2D eigenvalue weighted by atomic mass is 35.5. The second-order valence-corrected chi connectivity index (χ2v) is 7.02. The number of nitrogens with zero attached hydrogens (tertiary/aromatic N) is 6. The van der Waals surface area contributed by atoms with Crippen molar-refractivity contribution in [1.82, 2.24) is 25.0 Å². The highest BCUT2D eigenvalue weighted by Crippen LogP contribution is 2.31. The quantitative estimate of drug-likeness (QED) is 0.378. The van der Waals surface area contributed by atoms with Crippen molar-refractivity contribution in [1.29, 1.82) is 0 Å². The van der Waals surface area contributed by atoms with E-state index in [-0.39, 0.29) is 35.5 Å². The predicted molar refractivity (Wildman–Crippen MR) is 111 cm³/mol. The maximum atomic E-state index is 13.0. The Labute approximate surface area is 186 Å². The molecule has 0 radical (unpaired) electrons. The Morgan fingerprint density at radius 2 is 2.00 bits per heavy atom. The molecule has 2 heterocycles. The van der Waals surface area contributed by atoms with Gasteiger partial charge in [-0.05, 0) is 30.7 Å². The summed E-state index contributed by atoms with van der Waals surface area (Å²) in [5.41, 5.74) is 0.356. The summed E-state index contributed by atoms with van der Waals surface area (Å²) in [5.74, 6) is -0.529. The van der Waals surface area contributed by atoms with Crippen molar-refractivity contribution in [2.24, 2.45) is 4.99 Å². The Morgan fingerprint density at radius 3 is 2.69 bits per heavy atom. The number of hydrogen-bond donors (Lipinski definition) is 0. The summed E-state index contributed by atoms with van der Waals surface area (Å²) in [6.45, 7) is 1.65. The fourth-order valence-electron chi connectivity index (χ4n) is 2.75. The van der Waals surface area contributed by atoms with Gasteiger partial charge in [0.1, 0.15) is 17.1 Å². The standard InChI is InChI=1S/C20H18ClF3N6O2/c1-3-4-17(31)32-11-30-28-15(10-25-2)18(29-30)12-7-13(9-14(21)8-12)19-26-6-5-16(27-19)20(22,23)24/h5-10H,3-4,11H2,1-2H3/b25-10+. The van der Waals surface area contributed by atoms with E-state index in [4.69, 9.17) is 16.3 Å². The summed E-state index contributed by atoms with van der Waals surface area (Å²) in [4.78, 5) is 24.3. The van der Waals surface area contributed by atoms with Gasteiger partial charge in [-0.1, -0.05) is 18.5 Å². The van der Waals surface area contributed by atoms with E-state index < -0.39 is 11.9 Å². The smallest absolute Gasteiger partial charge is 0.433 e. The molecular formula is C20H18ClF3N6O2. The van der Waals surface area contributed by atoms with Crippen molar-refractivity contribution < 1.29 is 22.7 Å². The molecule has 168 valence electrons. The van der Waals surface area contributed by atoms with Gasteiger partial charge in [0.15, 0.2) is 5.82 Å². The fourth-order valence-corrected chi connectivity index (χ4v) is 2.99. The molecule has 0 aliphatic carbocycles. The molecule has 0 fully saturated rings. The number of carbonyl (C=O) groups is 1. The molecule has 32 heavy (non-hydrogen) atoms. The minimum Gasteiger partial charge on any atom is -0.441 e. The number of halogens is 4. The molecule has 3 aromatic rings. The molecule has 0 saturated carbocycles. The summed E-state index contributed by atoms with van der Waals surface area (Å²) in [6, 6.07) is 5.36. The number of benzene rings is 1. The lowest BCUT2D eigenvalue weighted by Gasteiger charge is -2.08. The summed E-state index contributed by atoms with van der Waals surface area (Å²) in [6.07, 6.45) is -1.21. The molecule has 0 amide bonds. The van der Waals surface area contributed by atoms with Crippen LogP contribution in [0.4, 0.5) is 13.2 Å². The van der Waals surface area contributed by atoms with Gasteiger partial charge in [0.2, 0.25) is 6.73 Å². The normalized spacial score (nSPS) is 11.8. The van der Waals surface area contributed by atoms with Gasteiger partial charge in [-0.15, -0.1) is 15.0 Å². The van der Waals surface area contributed by atoms with Crippen LogP contribution in [0.15, 0.2) is 35.5 Å². The van der Waals surface area contributed by atoms with Gasteiger partial charge in [-0.2, -0.15) is 13.2 Å². The van der Waals surface area contributed by atoms with Crippen LogP contribution in [0.5, 0.6) is 0 Å². The van der Waals surface area contributed by atoms with E-state index >= 15 is 0 Å². The van der Waals surface area contributed by atoms with E-state index in [1.807, 2.05) is 6.92 Å². The van der Waals surface area contributed by atoms with E-state index in [0.29, 0.717) is 23.4 Å². The molecule has 0 aliphatic heterocycles. The summed E-state index contributed by atoms with van der Waals surface area (Å²) in [7, 11) is 1.55. The third-order valence-electron chi connectivity index (χ3n) is 4.10. The monoisotopic (exact) mass is 466 g/mol. The Morgan fingerprint density at radius 1 is 1.25 bits per heavy atom. The summed E-state index contributed by atoms with van der Waals surface area (Å²) in [5, 5.41) is 8.80. The number of carbonyl (C=O) groups excluding carboxylic acids is 1. The van der Waals surface area contributed by atoms with Crippen molar-refractivity contribution in [2.75, 3.05) is 7.05 Å². The number of rotatable bonds is 7. The topological polar surface area (TPSA) is 95.2 Å². The van der Waals surface area contributed by atoms with Crippen LogP contribution in [-0.4, -0.2) is 44.2 Å². The van der Waals surface area contributed by atoms with Crippen LogP contribution in [0.25, 0.3) is 22.6 Å². The number of aromatic nitrogens is 5. The lowest BCUT2D eigenvalue weighted by molar-refractivity contribution is -0.148. The minimum atomic E-state index is -4.61. The lowest BCUT2D eigenvalue weighted by Crippen LogP contribution is -2.11. The Balaban J connectivity index is 2.00. The Kier molecular flexibility index (Phi) is 7.18. The molecule has 0 atom stereocenters. The highest BCUT2D eigenvalue weighted by Gasteiger charge is 2.33. The molecule has 0 aliphatic rings. The van der Waals surface area contributed by atoms with Crippen molar-refractivity contribution in [3.8, 4) is 22.6 Å². The Bertz CT molecular complexity index is 1150. The number of esters is 1. The van der Waals surface area contributed by atoms with Crippen LogP contribution in [0.1, 0.15) is 31.2 Å². The molecule has 0 saturated heterocycles. The number of aliphatic imine (C=N–C) groups is 1. The van der Waals surface area contributed by atoms with Crippen LogP contribution in [0.3, 0.4) is 0 Å². The fraction of sp³-hybridized carbons (Fsp3) is 0.300. The van der Waals surface area contributed by atoms with Crippen LogP contribution in [0.2, 0.25) is 5.02 Å². The van der Waals surface area contributed by atoms with Gasteiger partial charge >= 0.3 is 12.1 Å². The van der Waals surface area contributed by atoms with Crippen LogP contribution in [-0.2, 0) is 22.4 Å². The molecule has 0 unspecified atom stereocenters. The predicted octanol–water partition coefficient (Wildman–Crippen LogP) is 4.42. The van der Waals surface area contributed by atoms with E-state index in [2.05, 4.69) is 25.2 Å². The zero-order chi connectivity index (χ0) is 23.3. The van der Waals surface area contributed by atoms with E-state index in [1.165, 1.54) is 17.1 Å². The molecule has 8 nitrogen and oxygen atoms in total. The number of ether oxygens (including phenoxy) is 1. The largest absolute Gasteiger partial charge is 0.441 e. The lowest BCUT2D eigenvalue weighted by atomic mass is 10.1. The zero-order valence-corrected chi connectivity index (χ0v) is 17.9. The minimum absolute atomic E-state index is 0.143. The molecule has 12 heteroatoms. The first kappa shape index (κ1) is 23.3. The molecule has 0 spiro atoms. The number of hydrogen-bond acceptors (Lipinski definition) is 7. The van der Waals surface area contributed by atoms with Crippen LogP contribution in [0, 0.1) is 0 Å². The van der Waals surface area contributed by atoms with E-state index in [0.717, 1.165) is 12.3 Å². The van der Waals surface area contributed by atoms with Crippen molar-refractivity contribution in [3.63, 3.8) is 0 Å². The Hall–Kier alpha value is -3.34. The van der Waals surface area contributed by atoms with Gasteiger partial charge < -0.3 is 4.74 Å². The highest BCUT2D eigenvalue weighted by molar-refractivity contribution is 6.31. The maximum absolute atomic E-state index is 13.0.